The Morgan fingerprint density at radius 1 is 1.00 bits per heavy atom. The van der Waals surface area contributed by atoms with Gasteiger partial charge in [-0.25, -0.2) is 8.42 Å². The zero-order valence-corrected chi connectivity index (χ0v) is 14.5. The van der Waals surface area contributed by atoms with E-state index in [1.165, 1.54) is 0 Å². The maximum Gasteiger partial charge on any atom is 0.337 e. The minimum atomic E-state index is -3.52. The summed E-state index contributed by atoms with van der Waals surface area (Å²) in [5.41, 5.74) is 0. The monoisotopic (exact) mass is 357 g/mol. The van der Waals surface area contributed by atoms with Crippen molar-refractivity contribution in [2.24, 2.45) is 0 Å². The summed E-state index contributed by atoms with van der Waals surface area (Å²) in [6.45, 7) is 2.55. The number of hydrogen-bond donors (Lipinski definition) is 0. The third-order valence-electron chi connectivity index (χ3n) is 5.24. The Bertz CT molecular complexity index is 667. The number of sulfone groups is 1. The van der Waals surface area contributed by atoms with Crippen LogP contribution in [0.25, 0.3) is 0 Å². The molecule has 0 aromatic carbocycles. The Morgan fingerprint density at radius 2 is 1.67 bits per heavy atom. The number of nitrogens with zero attached hydrogens (tertiary/aromatic N) is 3. The molecule has 134 valence electrons. The second-order valence-electron chi connectivity index (χ2n) is 6.75. The smallest absolute Gasteiger partial charge is 0.337 e. The first-order valence-corrected chi connectivity index (χ1v) is 10.2. The fourth-order valence-electron chi connectivity index (χ4n) is 3.79. The molecule has 3 fully saturated rings. The van der Waals surface area contributed by atoms with Crippen molar-refractivity contribution in [2.75, 3.05) is 31.2 Å². The third-order valence-corrected chi connectivity index (χ3v) is 7.24. The highest BCUT2D eigenvalue weighted by molar-refractivity contribution is 7.91. The lowest BCUT2D eigenvalue weighted by molar-refractivity contribution is -0.169. The molecule has 0 radical (unpaired) electrons. The quantitative estimate of drug-likeness (QED) is 0.803. The van der Waals surface area contributed by atoms with Crippen LogP contribution in [0.4, 0.5) is 6.01 Å². The largest absolute Gasteiger partial charge is 0.394 e. The van der Waals surface area contributed by atoms with Gasteiger partial charge in [0.05, 0.1) is 18.5 Å². The molecule has 9 heteroatoms. The summed E-state index contributed by atoms with van der Waals surface area (Å²) in [4.78, 5) is 1.91. The van der Waals surface area contributed by atoms with Crippen molar-refractivity contribution in [1.82, 2.24) is 10.2 Å². The van der Waals surface area contributed by atoms with E-state index in [4.69, 9.17) is 13.9 Å². The molecule has 2 saturated heterocycles. The summed E-state index contributed by atoms with van der Waals surface area (Å²) in [5, 5.41) is 7.16. The minimum absolute atomic E-state index is 0.238. The first kappa shape index (κ1) is 16.3. The summed E-state index contributed by atoms with van der Waals surface area (Å²) in [7, 11) is -3.52. The first-order valence-electron chi connectivity index (χ1n) is 8.69. The van der Waals surface area contributed by atoms with Gasteiger partial charge in [-0.1, -0.05) is 29.5 Å². The fraction of sp³-hybridized carbons (Fsp3) is 0.867. The molecule has 1 spiro atoms. The van der Waals surface area contributed by atoms with E-state index in [9.17, 15) is 8.42 Å². The molecular weight excluding hydrogens is 334 g/mol. The van der Waals surface area contributed by atoms with Crippen LogP contribution < -0.4 is 4.90 Å². The molecule has 0 unspecified atom stereocenters. The highest BCUT2D eigenvalue weighted by Gasteiger charge is 2.41. The van der Waals surface area contributed by atoms with Gasteiger partial charge >= 0.3 is 11.2 Å². The average molecular weight is 357 g/mol. The molecule has 0 N–H and O–H groups in total. The lowest BCUT2D eigenvalue weighted by atomic mass is 10.0. The van der Waals surface area contributed by atoms with Crippen molar-refractivity contribution in [1.29, 1.82) is 0 Å². The van der Waals surface area contributed by atoms with Crippen molar-refractivity contribution in [3.63, 3.8) is 0 Å². The highest BCUT2D eigenvalue weighted by Crippen LogP contribution is 2.34. The van der Waals surface area contributed by atoms with Crippen molar-refractivity contribution in [3.8, 4) is 0 Å². The first-order chi connectivity index (χ1) is 11.6. The minimum Gasteiger partial charge on any atom is -0.394 e. The van der Waals surface area contributed by atoms with E-state index >= 15 is 0 Å². The van der Waals surface area contributed by atoms with Gasteiger partial charge in [0.1, 0.15) is 0 Å². The van der Waals surface area contributed by atoms with Crippen LogP contribution >= 0.6 is 0 Å². The predicted molar refractivity (Wildman–Crippen MR) is 84.4 cm³/mol. The molecule has 3 aliphatic rings. The molecule has 24 heavy (non-hydrogen) atoms. The molecule has 0 bridgehead atoms. The number of piperidine rings is 1. The van der Waals surface area contributed by atoms with Crippen LogP contribution in [0.3, 0.4) is 0 Å². The van der Waals surface area contributed by atoms with Crippen molar-refractivity contribution in [2.45, 2.75) is 61.2 Å². The molecule has 3 heterocycles. The van der Waals surface area contributed by atoms with E-state index in [1.807, 2.05) is 4.90 Å². The van der Waals surface area contributed by atoms with E-state index in [0.29, 0.717) is 52.0 Å². The number of ether oxygens (including phenoxy) is 2. The van der Waals surface area contributed by atoms with Gasteiger partial charge in [0, 0.05) is 25.9 Å². The molecular formula is C15H23N3O5S. The molecule has 8 nitrogen and oxygen atoms in total. The highest BCUT2D eigenvalue weighted by atomic mass is 32.2. The molecule has 1 saturated carbocycles. The Hall–Kier alpha value is -1.19. The number of hydrogen-bond acceptors (Lipinski definition) is 8. The van der Waals surface area contributed by atoms with Gasteiger partial charge in [0.25, 0.3) is 0 Å². The zero-order chi connectivity index (χ0) is 16.6. The summed E-state index contributed by atoms with van der Waals surface area (Å²) in [5.74, 6) is -0.479. The standard InChI is InChI=1S/C15H23N3O5S/c19-24(20,12-4-2-1-3-5-12)14-17-16-13(23-14)18-8-6-15(7-9-18)21-10-11-22-15/h12H,1-11H2. The Kier molecular flexibility index (Phi) is 4.26. The molecule has 0 atom stereocenters. The molecule has 1 aliphatic carbocycles. The van der Waals surface area contributed by atoms with Gasteiger partial charge in [-0.05, 0) is 12.8 Å². The summed E-state index contributed by atoms with van der Waals surface area (Å²) < 4.78 is 42.2. The summed E-state index contributed by atoms with van der Waals surface area (Å²) in [6.07, 6.45) is 5.76. The van der Waals surface area contributed by atoms with Crippen molar-refractivity contribution >= 4 is 15.9 Å². The average Bonchev–Trinajstić information content (AvgIpc) is 3.27. The maximum atomic E-state index is 12.6. The van der Waals surface area contributed by atoms with Gasteiger partial charge in [0.2, 0.25) is 9.84 Å². The lowest BCUT2D eigenvalue weighted by Crippen LogP contribution is -2.45. The van der Waals surface area contributed by atoms with Crippen molar-refractivity contribution < 1.29 is 22.3 Å². The molecule has 4 rings (SSSR count). The predicted octanol–water partition coefficient (Wildman–Crippen LogP) is 1.52. The Balaban J connectivity index is 1.45. The normalized spacial score (nSPS) is 25.4. The molecule has 1 aromatic heterocycles. The van der Waals surface area contributed by atoms with Crippen LogP contribution in [0.5, 0.6) is 0 Å². The van der Waals surface area contributed by atoms with E-state index in [2.05, 4.69) is 10.2 Å². The van der Waals surface area contributed by atoms with E-state index in [0.717, 1.165) is 19.3 Å². The number of anilines is 1. The van der Waals surface area contributed by atoms with E-state index in [-0.39, 0.29) is 16.5 Å². The van der Waals surface area contributed by atoms with Crippen molar-refractivity contribution in [3.05, 3.63) is 0 Å². The van der Waals surface area contributed by atoms with E-state index in [1.54, 1.807) is 0 Å². The molecule has 0 amide bonds. The summed E-state index contributed by atoms with van der Waals surface area (Å²) >= 11 is 0. The van der Waals surface area contributed by atoms with Crippen LogP contribution in [-0.2, 0) is 19.3 Å². The summed E-state index contributed by atoms with van der Waals surface area (Å²) in [6, 6.07) is 0.275. The Labute approximate surface area is 141 Å². The Morgan fingerprint density at radius 3 is 2.33 bits per heavy atom. The van der Waals surface area contributed by atoms with Crippen LogP contribution in [0, 0.1) is 0 Å². The fourth-order valence-corrected chi connectivity index (χ4v) is 5.37. The van der Waals surface area contributed by atoms with Crippen LogP contribution in [0.1, 0.15) is 44.9 Å². The van der Waals surface area contributed by atoms with Crippen LogP contribution in [0.15, 0.2) is 9.64 Å². The second-order valence-corrected chi connectivity index (χ2v) is 8.86. The SMILES string of the molecule is O=S(=O)(c1nnc(N2CCC3(CC2)OCCO3)o1)C1CCCCC1. The lowest BCUT2D eigenvalue weighted by Gasteiger charge is -2.36. The topological polar surface area (TPSA) is 94.8 Å². The molecule has 1 aromatic rings. The zero-order valence-electron chi connectivity index (χ0n) is 13.6. The third kappa shape index (κ3) is 2.93. The molecule has 2 aliphatic heterocycles. The van der Waals surface area contributed by atoms with E-state index < -0.39 is 15.6 Å². The number of rotatable bonds is 3. The van der Waals surface area contributed by atoms with Gasteiger partial charge < -0.3 is 18.8 Å². The van der Waals surface area contributed by atoms with Gasteiger partial charge in [-0.15, -0.1) is 0 Å². The second kappa shape index (κ2) is 6.27. The van der Waals surface area contributed by atoms with Crippen LogP contribution in [-0.4, -0.2) is 56.0 Å². The number of aromatic nitrogens is 2. The maximum absolute atomic E-state index is 12.6. The van der Waals surface area contributed by atoms with Gasteiger partial charge in [-0.3, -0.25) is 0 Å². The van der Waals surface area contributed by atoms with Gasteiger partial charge in [-0.2, -0.15) is 0 Å². The van der Waals surface area contributed by atoms with Gasteiger partial charge in [0.15, 0.2) is 5.79 Å². The van der Waals surface area contributed by atoms with Crippen LogP contribution in [0.2, 0.25) is 0 Å².